The molecule has 4 heteroatoms. The van der Waals surface area contributed by atoms with Crippen molar-refractivity contribution in [1.29, 1.82) is 0 Å². The van der Waals surface area contributed by atoms with E-state index in [-0.39, 0.29) is 12.4 Å². The fourth-order valence-electron chi connectivity index (χ4n) is 1.51. The summed E-state index contributed by atoms with van der Waals surface area (Å²) in [4.78, 5) is 23.5. The SMILES string of the molecule is CC(C)(C)OC(=O)c1ccc(C(=O)CCCO)cc1. The van der Waals surface area contributed by atoms with E-state index in [4.69, 9.17) is 9.84 Å². The second-order valence-electron chi connectivity index (χ2n) is 5.33. The van der Waals surface area contributed by atoms with Crippen molar-refractivity contribution < 1.29 is 19.4 Å². The summed E-state index contributed by atoms with van der Waals surface area (Å²) in [6.45, 7) is 5.41. The second kappa shape index (κ2) is 6.48. The minimum atomic E-state index is -0.535. The lowest BCUT2D eigenvalue weighted by atomic mass is 10.0. The molecule has 0 aliphatic heterocycles. The summed E-state index contributed by atoms with van der Waals surface area (Å²) >= 11 is 0. The van der Waals surface area contributed by atoms with E-state index in [0.717, 1.165) is 0 Å². The third kappa shape index (κ3) is 5.22. The highest BCUT2D eigenvalue weighted by atomic mass is 16.6. The first-order valence-corrected chi connectivity index (χ1v) is 6.31. The van der Waals surface area contributed by atoms with E-state index in [9.17, 15) is 9.59 Å². The molecule has 0 atom stereocenters. The van der Waals surface area contributed by atoms with E-state index in [2.05, 4.69) is 0 Å². The van der Waals surface area contributed by atoms with Crippen LogP contribution in [0.3, 0.4) is 0 Å². The van der Waals surface area contributed by atoms with E-state index in [1.165, 1.54) is 0 Å². The maximum atomic E-state index is 11.8. The number of ketones is 1. The van der Waals surface area contributed by atoms with Crippen LogP contribution in [0.5, 0.6) is 0 Å². The molecule has 0 heterocycles. The zero-order valence-corrected chi connectivity index (χ0v) is 11.6. The van der Waals surface area contributed by atoms with Crippen LogP contribution in [-0.2, 0) is 4.74 Å². The van der Waals surface area contributed by atoms with Crippen molar-refractivity contribution in [3.05, 3.63) is 35.4 Å². The lowest BCUT2D eigenvalue weighted by molar-refractivity contribution is 0.00693. The van der Waals surface area contributed by atoms with Crippen LogP contribution in [0.15, 0.2) is 24.3 Å². The third-order valence-corrected chi connectivity index (χ3v) is 2.40. The Morgan fingerprint density at radius 2 is 1.63 bits per heavy atom. The van der Waals surface area contributed by atoms with Gasteiger partial charge in [0.05, 0.1) is 5.56 Å². The van der Waals surface area contributed by atoms with Gasteiger partial charge < -0.3 is 9.84 Å². The van der Waals surface area contributed by atoms with Gasteiger partial charge in [-0.2, -0.15) is 0 Å². The number of aliphatic hydroxyl groups excluding tert-OH is 1. The molecule has 4 nitrogen and oxygen atoms in total. The van der Waals surface area contributed by atoms with Gasteiger partial charge in [-0.1, -0.05) is 12.1 Å². The van der Waals surface area contributed by atoms with Crippen LogP contribution >= 0.6 is 0 Å². The summed E-state index contributed by atoms with van der Waals surface area (Å²) in [6.07, 6.45) is 0.759. The number of hydrogen-bond donors (Lipinski definition) is 1. The minimum Gasteiger partial charge on any atom is -0.456 e. The monoisotopic (exact) mass is 264 g/mol. The molecule has 0 aromatic heterocycles. The Balaban J connectivity index is 2.71. The lowest BCUT2D eigenvalue weighted by Crippen LogP contribution is -2.23. The number of Topliss-reactive ketones (excluding diaryl/α,β-unsaturated/α-hetero) is 1. The summed E-state index contributed by atoms with van der Waals surface area (Å²) in [5.41, 5.74) is 0.432. The summed E-state index contributed by atoms with van der Waals surface area (Å²) in [5.74, 6) is -0.438. The highest BCUT2D eigenvalue weighted by molar-refractivity contribution is 5.97. The van der Waals surface area contributed by atoms with Crippen molar-refractivity contribution in [3.63, 3.8) is 0 Å². The molecule has 1 aromatic rings. The summed E-state index contributed by atoms with van der Waals surface area (Å²) in [6, 6.07) is 6.39. The van der Waals surface area contributed by atoms with Gasteiger partial charge in [0.1, 0.15) is 5.60 Å². The summed E-state index contributed by atoms with van der Waals surface area (Å²) in [5, 5.41) is 8.67. The molecule has 1 N–H and O–H groups in total. The Morgan fingerprint density at radius 3 is 2.11 bits per heavy atom. The van der Waals surface area contributed by atoms with Crippen molar-refractivity contribution in [1.82, 2.24) is 0 Å². The highest BCUT2D eigenvalue weighted by Gasteiger charge is 2.18. The maximum Gasteiger partial charge on any atom is 0.338 e. The fraction of sp³-hybridized carbons (Fsp3) is 0.467. The predicted octanol–water partition coefficient (Wildman–Crippen LogP) is 2.60. The van der Waals surface area contributed by atoms with Crippen LogP contribution in [0, 0.1) is 0 Å². The van der Waals surface area contributed by atoms with Crippen molar-refractivity contribution in [2.75, 3.05) is 6.61 Å². The number of rotatable bonds is 5. The van der Waals surface area contributed by atoms with Gasteiger partial charge in [-0.25, -0.2) is 4.79 Å². The van der Waals surface area contributed by atoms with Crippen LogP contribution in [-0.4, -0.2) is 29.1 Å². The molecular weight excluding hydrogens is 244 g/mol. The molecule has 1 rings (SSSR count). The second-order valence-corrected chi connectivity index (χ2v) is 5.33. The van der Waals surface area contributed by atoms with Crippen molar-refractivity contribution in [2.45, 2.75) is 39.2 Å². The van der Waals surface area contributed by atoms with Crippen molar-refractivity contribution in [3.8, 4) is 0 Å². The van der Waals surface area contributed by atoms with E-state index in [0.29, 0.717) is 24.0 Å². The van der Waals surface area contributed by atoms with Crippen LogP contribution in [0.2, 0.25) is 0 Å². The molecule has 1 aromatic carbocycles. The van der Waals surface area contributed by atoms with Gasteiger partial charge in [-0.3, -0.25) is 4.79 Å². The fourth-order valence-corrected chi connectivity index (χ4v) is 1.51. The lowest BCUT2D eigenvalue weighted by Gasteiger charge is -2.19. The number of aliphatic hydroxyl groups is 1. The number of esters is 1. The van der Waals surface area contributed by atoms with E-state index >= 15 is 0 Å². The molecule has 0 aliphatic carbocycles. The zero-order valence-electron chi connectivity index (χ0n) is 11.6. The smallest absolute Gasteiger partial charge is 0.338 e. The quantitative estimate of drug-likeness (QED) is 0.656. The average Bonchev–Trinajstić information content (AvgIpc) is 2.34. The minimum absolute atomic E-state index is 0.00172. The molecule has 0 amide bonds. The Labute approximate surface area is 113 Å². The molecule has 0 saturated carbocycles. The van der Waals surface area contributed by atoms with Gasteiger partial charge >= 0.3 is 5.97 Å². The third-order valence-electron chi connectivity index (χ3n) is 2.40. The predicted molar refractivity (Wildman–Crippen MR) is 72.3 cm³/mol. The first kappa shape index (κ1) is 15.4. The van der Waals surface area contributed by atoms with Crippen molar-refractivity contribution in [2.24, 2.45) is 0 Å². The molecule has 104 valence electrons. The van der Waals surface area contributed by atoms with E-state index < -0.39 is 11.6 Å². The van der Waals surface area contributed by atoms with Gasteiger partial charge in [-0.05, 0) is 39.3 Å². The maximum absolute atomic E-state index is 11.8. The summed E-state index contributed by atoms with van der Waals surface area (Å²) < 4.78 is 5.23. The molecule has 0 saturated heterocycles. The Hall–Kier alpha value is -1.68. The Bertz CT molecular complexity index is 440. The number of benzene rings is 1. The molecule has 19 heavy (non-hydrogen) atoms. The largest absolute Gasteiger partial charge is 0.456 e. The van der Waals surface area contributed by atoms with E-state index in [1.54, 1.807) is 45.0 Å². The van der Waals surface area contributed by atoms with Crippen LogP contribution in [0.4, 0.5) is 0 Å². The normalized spacial score (nSPS) is 11.2. The zero-order chi connectivity index (χ0) is 14.5. The standard InChI is InChI=1S/C15H20O4/c1-15(2,3)19-14(18)12-8-6-11(7-9-12)13(17)5-4-10-16/h6-9,16H,4-5,10H2,1-3H3. The van der Waals surface area contributed by atoms with Crippen molar-refractivity contribution >= 4 is 11.8 Å². The topological polar surface area (TPSA) is 63.6 Å². The van der Waals surface area contributed by atoms with E-state index in [1.807, 2.05) is 0 Å². The Morgan fingerprint density at radius 1 is 1.11 bits per heavy atom. The van der Waals surface area contributed by atoms with Gasteiger partial charge in [0.25, 0.3) is 0 Å². The Kier molecular flexibility index (Phi) is 5.24. The first-order chi connectivity index (χ1) is 8.83. The van der Waals surface area contributed by atoms with Gasteiger partial charge in [-0.15, -0.1) is 0 Å². The average molecular weight is 264 g/mol. The molecule has 0 unspecified atom stereocenters. The highest BCUT2D eigenvalue weighted by Crippen LogP contribution is 2.13. The van der Waals surface area contributed by atoms with Crippen LogP contribution in [0.25, 0.3) is 0 Å². The number of carbonyl (C=O) groups is 2. The molecule has 0 aliphatic rings. The number of hydrogen-bond acceptors (Lipinski definition) is 4. The van der Waals surface area contributed by atoms with Gasteiger partial charge in [0, 0.05) is 18.6 Å². The molecule has 0 radical (unpaired) electrons. The molecular formula is C15H20O4. The van der Waals surface area contributed by atoms with Crippen LogP contribution in [0.1, 0.15) is 54.3 Å². The molecule has 0 spiro atoms. The van der Waals surface area contributed by atoms with Gasteiger partial charge in [0.2, 0.25) is 0 Å². The number of carbonyl (C=O) groups excluding carboxylic acids is 2. The number of ether oxygens (including phenoxy) is 1. The van der Waals surface area contributed by atoms with Crippen LogP contribution < -0.4 is 0 Å². The first-order valence-electron chi connectivity index (χ1n) is 6.31. The van der Waals surface area contributed by atoms with Gasteiger partial charge in [0.15, 0.2) is 5.78 Å². The molecule has 0 bridgehead atoms. The molecule has 0 fully saturated rings. The summed E-state index contributed by atoms with van der Waals surface area (Å²) in [7, 11) is 0.